The van der Waals surface area contributed by atoms with Crippen LogP contribution in [-0.4, -0.2) is 4.73 Å². The molecule has 0 radical (unpaired) electrons. The number of aryl methyl sites for hydroxylation is 1. The van der Waals surface area contributed by atoms with Crippen molar-refractivity contribution in [3.63, 3.8) is 0 Å². The molecule has 0 bridgehead atoms. The molecule has 88 valence electrons. The van der Waals surface area contributed by atoms with Crippen molar-refractivity contribution in [2.75, 3.05) is 5.73 Å². The lowest BCUT2D eigenvalue weighted by Crippen LogP contribution is -2.28. The van der Waals surface area contributed by atoms with Crippen molar-refractivity contribution in [2.45, 2.75) is 13.5 Å². The largest absolute Gasteiger partial charge is 0.406 e. The fraction of sp³-hybridized carbons (Fsp3) is 0.154. The van der Waals surface area contributed by atoms with Gasteiger partial charge in [0, 0.05) is 11.8 Å². The molecule has 0 aliphatic heterocycles. The van der Waals surface area contributed by atoms with Crippen LogP contribution in [0.5, 0.6) is 0 Å². The Morgan fingerprint density at radius 3 is 2.59 bits per heavy atom. The maximum absolute atomic E-state index is 11.6. The molecule has 0 unspecified atom stereocenters. The highest BCUT2D eigenvalue weighted by atomic mass is 16.7. The number of pyridine rings is 1. The maximum atomic E-state index is 11.6. The Morgan fingerprint density at radius 2 is 1.94 bits per heavy atom. The summed E-state index contributed by atoms with van der Waals surface area (Å²) in [6.45, 7) is 2.13. The molecular weight excluding hydrogens is 216 g/mol. The fourth-order valence-electron chi connectivity index (χ4n) is 1.60. The first-order valence-corrected chi connectivity index (χ1v) is 5.33. The summed E-state index contributed by atoms with van der Waals surface area (Å²) < 4.78 is 1.25. The van der Waals surface area contributed by atoms with E-state index in [-0.39, 0.29) is 5.56 Å². The van der Waals surface area contributed by atoms with Gasteiger partial charge in [0.25, 0.3) is 5.56 Å². The van der Waals surface area contributed by atoms with Gasteiger partial charge < -0.3 is 10.6 Å². The average molecular weight is 230 g/mol. The molecule has 0 amide bonds. The third kappa shape index (κ3) is 2.66. The molecule has 0 saturated carbocycles. The summed E-state index contributed by atoms with van der Waals surface area (Å²) in [7, 11) is 0. The topological polar surface area (TPSA) is 57.2 Å². The van der Waals surface area contributed by atoms with Crippen LogP contribution in [0.2, 0.25) is 0 Å². The van der Waals surface area contributed by atoms with E-state index in [1.165, 1.54) is 10.8 Å². The van der Waals surface area contributed by atoms with Gasteiger partial charge in [-0.1, -0.05) is 30.3 Å². The lowest BCUT2D eigenvalue weighted by Gasteiger charge is -2.11. The second-order valence-electron chi connectivity index (χ2n) is 3.82. The summed E-state index contributed by atoms with van der Waals surface area (Å²) in [5, 5.41) is 0. The van der Waals surface area contributed by atoms with Gasteiger partial charge in [-0.05, 0) is 18.6 Å². The van der Waals surface area contributed by atoms with E-state index in [9.17, 15) is 4.79 Å². The molecule has 0 atom stereocenters. The molecule has 1 aromatic carbocycles. The molecule has 0 fully saturated rings. The molecule has 2 aromatic rings. The third-order valence-electron chi connectivity index (χ3n) is 2.39. The van der Waals surface area contributed by atoms with E-state index in [1.54, 1.807) is 13.0 Å². The SMILES string of the molecule is Cc1cc(N)cc(=O)n1OCc1ccccc1. The van der Waals surface area contributed by atoms with Crippen LogP contribution in [0, 0.1) is 6.92 Å². The zero-order chi connectivity index (χ0) is 12.3. The minimum Gasteiger partial charge on any atom is -0.406 e. The second-order valence-corrected chi connectivity index (χ2v) is 3.82. The van der Waals surface area contributed by atoms with Crippen LogP contribution in [0.3, 0.4) is 0 Å². The van der Waals surface area contributed by atoms with E-state index in [2.05, 4.69) is 0 Å². The predicted molar refractivity (Wildman–Crippen MR) is 66.6 cm³/mol. The minimum atomic E-state index is -0.251. The monoisotopic (exact) mass is 230 g/mol. The van der Waals surface area contributed by atoms with Crippen LogP contribution >= 0.6 is 0 Å². The van der Waals surface area contributed by atoms with Gasteiger partial charge in [-0.2, -0.15) is 0 Å². The van der Waals surface area contributed by atoms with Crippen molar-refractivity contribution in [1.29, 1.82) is 0 Å². The Balaban J connectivity index is 2.18. The Labute approximate surface area is 99.2 Å². The van der Waals surface area contributed by atoms with Gasteiger partial charge in [0.2, 0.25) is 0 Å². The van der Waals surface area contributed by atoms with Crippen molar-refractivity contribution in [1.82, 2.24) is 4.73 Å². The molecule has 0 saturated heterocycles. The van der Waals surface area contributed by atoms with Crippen molar-refractivity contribution in [3.05, 3.63) is 64.1 Å². The van der Waals surface area contributed by atoms with Gasteiger partial charge in [-0.15, -0.1) is 4.73 Å². The standard InChI is InChI=1S/C13H14N2O2/c1-10-7-12(14)8-13(16)15(10)17-9-11-5-3-2-4-6-11/h2-8H,9,14H2,1H3. The van der Waals surface area contributed by atoms with Crippen LogP contribution in [0.1, 0.15) is 11.3 Å². The summed E-state index contributed by atoms with van der Waals surface area (Å²) in [6.07, 6.45) is 0. The van der Waals surface area contributed by atoms with Crippen molar-refractivity contribution in [3.8, 4) is 0 Å². The second kappa shape index (κ2) is 4.74. The van der Waals surface area contributed by atoms with Gasteiger partial charge in [-0.25, -0.2) is 0 Å². The molecule has 1 heterocycles. The number of hydrogen-bond acceptors (Lipinski definition) is 3. The Hall–Kier alpha value is -2.23. The summed E-state index contributed by atoms with van der Waals surface area (Å²) in [5.74, 6) is 0. The molecular formula is C13H14N2O2. The van der Waals surface area contributed by atoms with Gasteiger partial charge in [0.15, 0.2) is 0 Å². The van der Waals surface area contributed by atoms with Crippen LogP contribution in [0.25, 0.3) is 0 Å². The highest BCUT2D eigenvalue weighted by Crippen LogP contribution is 2.02. The van der Waals surface area contributed by atoms with E-state index in [0.717, 1.165) is 5.56 Å². The smallest absolute Gasteiger partial charge is 0.285 e. The number of nitrogens with two attached hydrogens (primary N) is 1. The summed E-state index contributed by atoms with van der Waals surface area (Å²) in [6, 6.07) is 12.7. The zero-order valence-corrected chi connectivity index (χ0v) is 9.59. The zero-order valence-electron chi connectivity index (χ0n) is 9.59. The minimum absolute atomic E-state index is 0.251. The number of hydrogen-bond donors (Lipinski definition) is 1. The van der Waals surface area contributed by atoms with Crippen LogP contribution in [-0.2, 0) is 6.61 Å². The van der Waals surface area contributed by atoms with Gasteiger partial charge in [0.05, 0.1) is 5.69 Å². The summed E-state index contributed by atoms with van der Waals surface area (Å²) in [5.41, 5.74) is 7.46. The number of anilines is 1. The molecule has 4 heteroatoms. The Morgan fingerprint density at radius 1 is 1.24 bits per heavy atom. The van der Waals surface area contributed by atoms with E-state index in [1.807, 2.05) is 30.3 Å². The summed E-state index contributed by atoms with van der Waals surface area (Å²) >= 11 is 0. The van der Waals surface area contributed by atoms with Crippen molar-refractivity contribution >= 4 is 5.69 Å². The molecule has 2 rings (SSSR count). The average Bonchev–Trinajstić information content (AvgIpc) is 2.29. The highest BCUT2D eigenvalue weighted by molar-refractivity contribution is 5.37. The molecule has 0 spiro atoms. The first-order chi connectivity index (χ1) is 8.16. The van der Waals surface area contributed by atoms with E-state index < -0.39 is 0 Å². The lowest BCUT2D eigenvalue weighted by atomic mass is 10.2. The molecule has 0 aliphatic carbocycles. The van der Waals surface area contributed by atoms with E-state index >= 15 is 0 Å². The molecule has 2 N–H and O–H groups in total. The molecule has 1 aromatic heterocycles. The fourth-order valence-corrected chi connectivity index (χ4v) is 1.60. The highest BCUT2D eigenvalue weighted by Gasteiger charge is 2.02. The van der Waals surface area contributed by atoms with E-state index in [0.29, 0.717) is 18.0 Å². The number of benzene rings is 1. The lowest BCUT2D eigenvalue weighted by molar-refractivity contribution is 0.0847. The third-order valence-corrected chi connectivity index (χ3v) is 2.39. The van der Waals surface area contributed by atoms with Crippen molar-refractivity contribution in [2.24, 2.45) is 0 Å². The number of nitrogens with zero attached hydrogens (tertiary/aromatic N) is 1. The van der Waals surface area contributed by atoms with E-state index in [4.69, 9.17) is 10.6 Å². The molecule has 17 heavy (non-hydrogen) atoms. The summed E-state index contributed by atoms with van der Waals surface area (Å²) in [4.78, 5) is 17.1. The first kappa shape index (κ1) is 11.3. The predicted octanol–water partition coefficient (Wildman–Crippen LogP) is 1.37. The number of aromatic nitrogens is 1. The molecule has 4 nitrogen and oxygen atoms in total. The number of nitrogen functional groups attached to an aromatic ring is 1. The van der Waals surface area contributed by atoms with Crippen molar-refractivity contribution < 1.29 is 4.84 Å². The van der Waals surface area contributed by atoms with Gasteiger partial charge in [-0.3, -0.25) is 4.79 Å². The van der Waals surface area contributed by atoms with Crippen LogP contribution in [0.4, 0.5) is 5.69 Å². The molecule has 0 aliphatic rings. The quantitative estimate of drug-likeness (QED) is 0.866. The van der Waals surface area contributed by atoms with Crippen LogP contribution in [0.15, 0.2) is 47.3 Å². The Bertz CT molecular complexity index is 561. The Kier molecular flexibility index (Phi) is 3.14. The maximum Gasteiger partial charge on any atom is 0.285 e. The number of rotatable bonds is 3. The normalized spacial score (nSPS) is 10.2. The van der Waals surface area contributed by atoms with Gasteiger partial charge >= 0.3 is 0 Å². The first-order valence-electron chi connectivity index (χ1n) is 5.33. The van der Waals surface area contributed by atoms with Crippen LogP contribution < -0.4 is 16.1 Å². The van der Waals surface area contributed by atoms with Gasteiger partial charge in [0.1, 0.15) is 6.61 Å².